The molecule has 39 heavy (non-hydrogen) atoms. The Balaban J connectivity index is 0.000000673. The van der Waals surface area contributed by atoms with Gasteiger partial charge in [0.15, 0.2) is 0 Å². The van der Waals surface area contributed by atoms with Gasteiger partial charge in [-0.25, -0.2) is 4.68 Å². The lowest BCUT2D eigenvalue weighted by molar-refractivity contribution is 0.1000. The van der Waals surface area contributed by atoms with Crippen molar-refractivity contribution in [1.82, 2.24) is 9.78 Å². The van der Waals surface area contributed by atoms with Gasteiger partial charge in [0.2, 0.25) is 5.91 Å². The van der Waals surface area contributed by atoms with E-state index >= 15 is 0 Å². The van der Waals surface area contributed by atoms with E-state index < -0.39 is 5.91 Å². The summed E-state index contributed by atoms with van der Waals surface area (Å²) in [6.45, 7) is 9.21. The lowest BCUT2D eigenvalue weighted by Gasteiger charge is -2.18. The van der Waals surface area contributed by atoms with Crippen molar-refractivity contribution in [3.63, 3.8) is 0 Å². The van der Waals surface area contributed by atoms with Crippen molar-refractivity contribution in [1.29, 1.82) is 0 Å². The predicted molar refractivity (Wildman–Crippen MR) is 163 cm³/mol. The molecule has 1 unspecified atom stereocenters. The van der Waals surface area contributed by atoms with E-state index in [1.807, 2.05) is 37.3 Å². The molecule has 0 aliphatic rings. The maximum Gasteiger partial charge on any atom is 0.276 e. The molecule has 1 amide bonds. The number of nitrogens with zero attached hydrogens (tertiary/aromatic N) is 2. The lowest BCUT2D eigenvalue weighted by atomic mass is 9.99. The van der Waals surface area contributed by atoms with Crippen molar-refractivity contribution < 1.29 is 4.79 Å². The third-order valence-electron chi connectivity index (χ3n) is 6.88. The fourth-order valence-electron chi connectivity index (χ4n) is 4.50. The summed E-state index contributed by atoms with van der Waals surface area (Å²) in [6.07, 6.45) is 11.7. The van der Waals surface area contributed by atoms with Gasteiger partial charge in [-0.1, -0.05) is 89.6 Å². The van der Waals surface area contributed by atoms with Gasteiger partial charge in [-0.05, 0) is 62.1 Å². The van der Waals surface area contributed by atoms with Gasteiger partial charge in [-0.2, -0.15) is 0 Å². The van der Waals surface area contributed by atoms with Crippen LogP contribution >= 0.6 is 0 Å². The number of primary amides is 1. The van der Waals surface area contributed by atoms with E-state index in [-0.39, 0.29) is 11.6 Å². The normalized spacial score (nSPS) is 11.8. The van der Waals surface area contributed by atoms with Gasteiger partial charge in [-0.15, -0.1) is 0 Å². The number of carbonyl (C=O) groups excluding carboxylic acids is 1. The van der Waals surface area contributed by atoms with Crippen molar-refractivity contribution in [2.24, 2.45) is 16.5 Å². The summed E-state index contributed by atoms with van der Waals surface area (Å²) in [5.74, 6) is -0.460. The molecule has 212 valence electrons. The molecule has 0 saturated heterocycles. The zero-order valence-corrected chi connectivity index (χ0v) is 24.2. The molecule has 5 N–H and O–H groups in total. The van der Waals surface area contributed by atoms with Crippen molar-refractivity contribution in [2.45, 2.75) is 91.5 Å². The minimum absolute atomic E-state index is 0.0966. The first-order valence-electron chi connectivity index (χ1n) is 14.4. The van der Waals surface area contributed by atoms with E-state index in [9.17, 15) is 9.59 Å². The Morgan fingerprint density at radius 2 is 1.64 bits per heavy atom. The van der Waals surface area contributed by atoms with E-state index in [1.165, 1.54) is 25.7 Å². The number of aromatic amines is 1. The average Bonchev–Trinajstić information content (AvgIpc) is 3.23. The number of nitrogens with one attached hydrogen (secondary N) is 1. The van der Waals surface area contributed by atoms with Crippen LogP contribution in [0.2, 0.25) is 0 Å². The molecule has 1 aromatic heterocycles. The van der Waals surface area contributed by atoms with Crippen LogP contribution in [0.1, 0.15) is 111 Å². The van der Waals surface area contributed by atoms with Gasteiger partial charge < -0.3 is 11.5 Å². The zero-order valence-electron chi connectivity index (χ0n) is 24.2. The molecule has 7 heteroatoms. The topological polar surface area (TPSA) is 119 Å². The molecule has 0 aliphatic heterocycles. The van der Waals surface area contributed by atoms with E-state index in [0.29, 0.717) is 11.1 Å². The molecule has 1 heterocycles. The molecule has 0 radical (unpaired) electrons. The first kappa shape index (κ1) is 31.8. The fraction of sp³-hybridized carbons (Fsp3) is 0.469. The molecule has 0 saturated carbocycles. The summed E-state index contributed by atoms with van der Waals surface area (Å²) in [6, 6.07) is 15.0. The van der Waals surface area contributed by atoms with E-state index in [0.717, 1.165) is 61.2 Å². The van der Waals surface area contributed by atoms with Crippen LogP contribution in [-0.2, 0) is 6.42 Å². The van der Waals surface area contributed by atoms with Gasteiger partial charge in [0, 0.05) is 17.5 Å². The van der Waals surface area contributed by atoms with Crippen molar-refractivity contribution in [3.8, 4) is 0 Å². The van der Waals surface area contributed by atoms with E-state index in [1.54, 1.807) is 23.0 Å². The minimum Gasteiger partial charge on any atom is -0.366 e. The van der Waals surface area contributed by atoms with Gasteiger partial charge >= 0.3 is 0 Å². The van der Waals surface area contributed by atoms with Crippen LogP contribution in [-0.4, -0.2) is 28.4 Å². The van der Waals surface area contributed by atoms with Crippen molar-refractivity contribution >= 4 is 17.8 Å². The summed E-state index contributed by atoms with van der Waals surface area (Å²) in [4.78, 5) is 29.4. The molecule has 7 nitrogen and oxygen atoms in total. The van der Waals surface area contributed by atoms with Crippen molar-refractivity contribution in [3.05, 3.63) is 86.8 Å². The number of nitrogens with two attached hydrogens (primary N) is 2. The number of amides is 1. The molecule has 0 spiro atoms. The maximum absolute atomic E-state index is 13.4. The summed E-state index contributed by atoms with van der Waals surface area (Å²) < 4.78 is 1.69. The number of hydrogen-bond donors (Lipinski definition) is 3. The second-order valence-corrected chi connectivity index (χ2v) is 9.91. The first-order chi connectivity index (χ1) is 18.9. The van der Waals surface area contributed by atoms with Gasteiger partial charge in [0.25, 0.3) is 5.56 Å². The number of rotatable bonds is 14. The van der Waals surface area contributed by atoms with Crippen LogP contribution in [0.4, 0.5) is 5.69 Å². The summed E-state index contributed by atoms with van der Waals surface area (Å²) in [7, 11) is 0. The number of aliphatic imine (C=N–C) groups is 1. The summed E-state index contributed by atoms with van der Waals surface area (Å²) >= 11 is 0. The summed E-state index contributed by atoms with van der Waals surface area (Å²) in [5, 5.41) is 3.26. The van der Waals surface area contributed by atoms with Crippen molar-refractivity contribution in [2.75, 3.05) is 6.54 Å². The Morgan fingerprint density at radius 3 is 2.26 bits per heavy atom. The SMILES string of the molecule is CCCCCC(c1ccc(C(N)=O)cc1)n1[nH]c(C)c(C=Nc2ccccc2CC)c1=O.CCCCCCN. The number of unbranched alkanes of at least 4 members (excludes halogenated alkanes) is 5. The number of H-pyrrole nitrogens is 1. The molecule has 0 bridgehead atoms. The number of para-hydroxylation sites is 1. The highest BCUT2D eigenvalue weighted by Crippen LogP contribution is 2.24. The third kappa shape index (κ3) is 9.66. The van der Waals surface area contributed by atoms with Crippen LogP contribution in [0.25, 0.3) is 0 Å². The molecular weight excluding hydrogens is 486 g/mol. The second-order valence-electron chi connectivity index (χ2n) is 9.91. The number of aromatic nitrogens is 2. The molecule has 3 aromatic rings. The highest BCUT2D eigenvalue weighted by atomic mass is 16.1. The Morgan fingerprint density at radius 1 is 0.974 bits per heavy atom. The molecule has 1 atom stereocenters. The highest BCUT2D eigenvalue weighted by molar-refractivity contribution is 5.92. The third-order valence-corrected chi connectivity index (χ3v) is 6.88. The molecule has 0 aliphatic carbocycles. The lowest BCUT2D eigenvalue weighted by Crippen LogP contribution is -2.25. The zero-order chi connectivity index (χ0) is 28.6. The van der Waals surface area contributed by atoms with Crippen LogP contribution in [0.3, 0.4) is 0 Å². The van der Waals surface area contributed by atoms with Gasteiger partial charge in [0.05, 0.1) is 17.3 Å². The molecular formula is C32H47N5O2. The van der Waals surface area contributed by atoms with Gasteiger partial charge in [0.1, 0.15) is 0 Å². The van der Waals surface area contributed by atoms with E-state index in [2.05, 4.69) is 36.9 Å². The monoisotopic (exact) mass is 533 g/mol. The fourth-order valence-corrected chi connectivity index (χ4v) is 4.50. The quantitative estimate of drug-likeness (QED) is 0.160. The van der Waals surface area contributed by atoms with Crippen LogP contribution < -0.4 is 17.0 Å². The maximum atomic E-state index is 13.4. The average molecular weight is 534 g/mol. The largest absolute Gasteiger partial charge is 0.366 e. The Labute approximate surface area is 233 Å². The number of carbonyl (C=O) groups is 1. The van der Waals surface area contributed by atoms with Crippen LogP contribution in [0.15, 0.2) is 58.3 Å². The van der Waals surface area contributed by atoms with Crippen LogP contribution in [0.5, 0.6) is 0 Å². The van der Waals surface area contributed by atoms with E-state index in [4.69, 9.17) is 11.5 Å². The van der Waals surface area contributed by atoms with Gasteiger partial charge in [-0.3, -0.25) is 19.7 Å². The number of hydrogen-bond acceptors (Lipinski definition) is 4. The number of aryl methyl sites for hydroxylation is 2. The molecule has 2 aromatic carbocycles. The second kappa shape index (κ2) is 17.2. The number of benzene rings is 2. The van der Waals surface area contributed by atoms with Crippen LogP contribution in [0, 0.1) is 6.92 Å². The smallest absolute Gasteiger partial charge is 0.276 e. The minimum atomic E-state index is -0.460. The molecule has 0 fully saturated rings. The highest BCUT2D eigenvalue weighted by Gasteiger charge is 2.20. The Bertz CT molecular complexity index is 1220. The Hall–Kier alpha value is -3.45. The summed E-state index contributed by atoms with van der Waals surface area (Å²) in [5.41, 5.74) is 15.3. The standard InChI is InChI=1S/C26H32N4O2.C6H15N/c1-4-6-7-12-24(20-13-15-21(16-14-20)25(27)31)30-26(32)22(18(3)29-30)17-28-23-11-9-8-10-19(23)5-2;1-2-3-4-5-6-7/h8-11,13-17,24,29H,4-7,12H2,1-3H3,(H2,27,31);2-7H2,1H3. The first-order valence-corrected chi connectivity index (χ1v) is 14.4. The Kier molecular flexibility index (Phi) is 14.0. The molecule has 3 rings (SSSR count). The predicted octanol–water partition coefficient (Wildman–Crippen LogP) is 6.59.